The van der Waals surface area contributed by atoms with E-state index < -0.39 is 5.82 Å². The van der Waals surface area contributed by atoms with Gasteiger partial charge in [0.25, 0.3) is 0 Å². The van der Waals surface area contributed by atoms with Gasteiger partial charge in [-0.25, -0.2) is 4.39 Å². The second kappa shape index (κ2) is 3.71. The van der Waals surface area contributed by atoms with Crippen LogP contribution in [-0.4, -0.2) is 13.5 Å². The van der Waals surface area contributed by atoms with Gasteiger partial charge in [-0.05, 0) is 12.1 Å². The van der Waals surface area contributed by atoms with E-state index in [2.05, 4.69) is 10.1 Å². The number of hydrogen-bond acceptors (Lipinski definition) is 2. The summed E-state index contributed by atoms with van der Waals surface area (Å²) in [5.74, 6) is -0.371. The van der Waals surface area contributed by atoms with Crippen molar-refractivity contribution >= 4 is 12.1 Å². The first kappa shape index (κ1) is 8.52. The van der Waals surface area contributed by atoms with Crippen molar-refractivity contribution in [1.82, 2.24) is 0 Å². The lowest BCUT2D eigenvalue weighted by Crippen LogP contribution is -1.95. The van der Waals surface area contributed by atoms with Gasteiger partial charge in [-0.1, -0.05) is 0 Å². The zero-order chi connectivity index (χ0) is 8.97. The van der Waals surface area contributed by atoms with Crippen molar-refractivity contribution in [3.63, 3.8) is 0 Å². The Morgan fingerprint density at radius 3 is 2.92 bits per heavy atom. The molecule has 0 aliphatic rings. The Hall–Kier alpha value is -1.58. The standard InChI is InChI=1S/C8H7FNO2/c1-12-8-4-6(10-5-11)2-3-7(8)9/h2-4H,1H3,(H,10,11). The van der Waals surface area contributed by atoms with E-state index in [0.29, 0.717) is 5.69 Å². The number of carbonyl (C=O) groups excluding carboxylic acids is 1. The molecule has 12 heavy (non-hydrogen) atoms. The molecule has 0 bridgehead atoms. The van der Waals surface area contributed by atoms with Crippen molar-refractivity contribution in [3.8, 4) is 5.75 Å². The van der Waals surface area contributed by atoms with Gasteiger partial charge in [0.15, 0.2) is 11.6 Å². The van der Waals surface area contributed by atoms with Gasteiger partial charge in [-0.3, -0.25) is 4.79 Å². The van der Waals surface area contributed by atoms with Gasteiger partial charge in [-0.15, -0.1) is 0 Å². The maximum absolute atomic E-state index is 12.8. The third kappa shape index (κ3) is 1.72. The zero-order valence-electron chi connectivity index (χ0n) is 6.43. The predicted octanol–water partition coefficient (Wildman–Crippen LogP) is 1.31. The summed E-state index contributed by atoms with van der Waals surface area (Å²) in [6.07, 6.45) is 1.48. The van der Waals surface area contributed by atoms with Crippen LogP contribution in [-0.2, 0) is 4.79 Å². The fourth-order valence-corrected chi connectivity index (χ4v) is 0.796. The van der Waals surface area contributed by atoms with Gasteiger partial charge in [0, 0.05) is 11.8 Å². The average molecular weight is 168 g/mol. The molecule has 0 atom stereocenters. The average Bonchev–Trinajstić information content (AvgIpc) is 2.09. The maximum Gasteiger partial charge on any atom is 0.314 e. The number of amides is 1. The molecule has 1 N–H and O–H groups in total. The summed E-state index contributed by atoms with van der Waals surface area (Å²) >= 11 is 0. The van der Waals surface area contributed by atoms with Crippen molar-refractivity contribution in [2.24, 2.45) is 0 Å². The zero-order valence-corrected chi connectivity index (χ0v) is 6.43. The Kier molecular flexibility index (Phi) is 2.63. The minimum atomic E-state index is -0.464. The number of anilines is 1. The molecule has 1 amide bonds. The molecule has 4 heteroatoms. The first-order valence-electron chi connectivity index (χ1n) is 3.24. The smallest absolute Gasteiger partial charge is 0.314 e. The second-order valence-corrected chi connectivity index (χ2v) is 2.08. The SMILES string of the molecule is COc1cc(N[C]=O)ccc1F. The lowest BCUT2D eigenvalue weighted by Gasteiger charge is -2.03. The highest BCUT2D eigenvalue weighted by atomic mass is 19.1. The largest absolute Gasteiger partial charge is 0.494 e. The molecule has 1 aromatic rings. The van der Waals surface area contributed by atoms with E-state index in [0.717, 1.165) is 0 Å². The van der Waals surface area contributed by atoms with Crippen molar-refractivity contribution in [1.29, 1.82) is 0 Å². The minimum absolute atomic E-state index is 0.0928. The predicted molar refractivity (Wildman–Crippen MR) is 42.3 cm³/mol. The summed E-state index contributed by atoms with van der Waals surface area (Å²) in [6, 6.07) is 4.00. The van der Waals surface area contributed by atoms with Crippen molar-refractivity contribution in [2.45, 2.75) is 0 Å². The lowest BCUT2D eigenvalue weighted by atomic mass is 10.3. The van der Waals surface area contributed by atoms with Crippen molar-refractivity contribution in [3.05, 3.63) is 24.0 Å². The quantitative estimate of drug-likeness (QED) is 0.691. The van der Waals surface area contributed by atoms with Crippen molar-refractivity contribution in [2.75, 3.05) is 12.4 Å². The van der Waals surface area contributed by atoms with Crippen LogP contribution in [0.5, 0.6) is 5.75 Å². The first-order chi connectivity index (χ1) is 5.77. The molecule has 0 saturated heterocycles. The van der Waals surface area contributed by atoms with E-state index in [9.17, 15) is 9.18 Å². The van der Waals surface area contributed by atoms with Crippen LogP contribution in [0.25, 0.3) is 0 Å². The number of benzene rings is 1. The van der Waals surface area contributed by atoms with E-state index in [1.54, 1.807) is 0 Å². The summed E-state index contributed by atoms with van der Waals surface area (Å²) in [7, 11) is 1.35. The Balaban J connectivity index is 2.96. The summed E-state index contributed by atoms with van der Waals surface area (Å²) < 4.78 is 17.4. The Labute approximate surface area is 69.2 Å². The van der Waals surface area contributed by atoms with Crippen LogP contribution in [0.2, 0.25) is 0 Å². The molecule has 0 spiro atoms. The maximum atomic E-state index is 12.8. The van der Waals surface area contributed by atoms with Gasteiger partial charge in [0.1, 0.15) is 0 Å². The highest BCUT2D eigenvalue weighted by Gasteiger charge is 2.01. The number of methoxy groups -OCH3 is 1. The van der Waals surface area contributed by atoms with Gasteiger partial charge in [0.2, 0.25) is 0 Å². The molecule has 0 aromatic heterocycles. The number of hydrogen-bond donors (Lipinski definition) is 1. The number of ether oxygens (including phenoxy) is 1. The summed E-state index contributed by atoms with van der Waals surface area (Å²) in [5.41, 5.74) is 0.447. The summed E-state index contributed by atoms with van der Waals surface area (Å²) in [6.45, 7) is 0. The highest BCUT2D eigenvalue weighted by molar-refractivity contribution is 5.72. The minimum Gasteiger partial charge on any atom is -0.494 e. The lowest BCUT2D eigenvalue weighted by molar-refractivity contribution is 0.387. The number of halogens is 1. The third-order valence-electron chi connectivity index (χ3n) is 1.35. The molecular formula is C8H7FNO2. The topological polar surface area (TPSA) is 38.3 Å². The number of rotatable bonds is 3. The second-order valence-electron chi connectivity index (χ2n) is 2.08. The fourth-order valence-electron chi connectivity index (χ4n) is 0.796. The molecule has 0 unspecified atom stereocenters. The highest BCUT2D eigenvalue weighted by Crippen LogP contribution is 2.20. The van der Waals surface area contributed by atoms with Crippen LogP contribution in [0.15, 0.2) is 18.2 Å². The molecule has 0 saturated carbocycles. The number of nitrogens with one attached hydrogen (secondary N) is 1. The van der Waals surface area contributed by atoms with Gasteiger partial charge in [-0.2, -0.15) is 0 Å². The van der Waals surface area contributed by atoms with E-state index in [1.807, 2.05) is 0 Å². The van der Waals surface area contributed by atoms with E-state index in [1.165, 1.54) is 31.7 Å². The molecule has 1 aromatic carbocycles. The Bertz CT molecular complexity index is 288. The van der Waals surface area contributed by atoms with E-state index in [-0.39, 0.29) is 5.75 Å². The fraction of sp³-hybridized carbons (Fsp3) is 0.125. The Morgan fingerprint density at radius 2 is 2.33 bits per heavy atom. The first-order valence-corrected chi connectivity index (χ1v) is 3.24. The summed E-state index contributed by atoms with van der Waals surface area (Å²) in [4.78, 5) is 9.89. The summed E-state index contributed by atoms with van der Waals surface area (Å²) in [5, 5.41) is 2.26. The van der Waals surface area contributed by atoms with Crippen LogP contribution in [0.1, 0.15) is 0 Å². The normalized spacial score (nSPS) is 9.17. The third-order valence-corrected chi connectivity index (χ3v) is 1.35. The van der Waals surface area contributed by atoms with Crippen LogP contribution in [0.4, 0.5) is 10.1 Å². The van der Waals surface area contributed by atoms with Crippen LogP contribution >= 0.6 is 0 Å². The monoisotopic (exact) mass is 168 g/mol. The van der Waals surface area contributed by atoms with Gasteiger partial charge < -0.3 is 10.1 Å². The van der Waals surface area contributed by atoms with Gasteiger partial charge >= 0.3 is 6.41 Å². The molecular weight excluding hydrogens is 161 g/mol. The van der Waals surface area contributed by atoms with Crippen molar-refractivity contribution < 1.29 is 13.9 Å². The molecule has 0 aliphatic heterocycles. The van der Waals surface area contributed by atoms with Crippen LogP contribution in [0.3, 0.4) is 0 Å². The molecule has 3 nitrogen and oxygen atoms in total. The molecule has 0 aliphatic carbocycles. The molecule has 63 valence electrons. The van der Waals surface area contributed by atoms with Crippen LogP contribution in [0, 0.1) is 5.82 Å². The van der Waals surface area contributed by atoms with Crippen LogP contribution < -0.4 is 10.1 Å². The molecule has 1 rings (SSSR count). The van der Waals surface area contributed by atoms with Gasteiger partial charge in [0.05, 0.1) is 7.11 Å². The Morgan fingerprint density at radius 1 is 1.58 bits per heavy atom. The molecule has 0 heterocycles. The molecule has 1 radical (unpaired) electrons. The van der Waals surface area contributed by atoms with E-state index in [4.69, 9.17) is 0 Å². The van der Waals surface area contributed by atoms with E-state index >= 15 is 0 Å². The molecule has 0 fully saturated rings.